The van der Waals surface area contributed by atoms with E-state index in [9.17, 15) is 0 Å². The lowest BCUT2D eigenvalue weighted by atomic mass is 10.2. The van der Waals surface area contributed by atoms with Crippen molar-refractivity contribution in [2.75, 3.05) is 19.8 Å². The molecule has 0 atom stereocenters. The molecule has 0 aromatic rings. The van der Waals surface area contributed by atoms with E-state index in [1.807, 2.05) is 13.8 Å². The first-order valence-electron chi connectivity index (χ1n) is 5.07. The zero-order valence-electron chi connectivity index (χ0n) is 8.62. The minimum absolute atomic E-state index is 0.350. The molecule has 1 aliphatic rings. The Bertz CT molecular complexity index is 174. The molecule has 13 heavy (non-hydrogen) atoms. The highest BCUT2D eigenvalue weighted by molar-refractivity contribution is 5.82. The number of amidine groups is 1. The first-order valence-corrected chi connectivity index (χ1v) is 5.07. The van der Waals surface area contributed by atoms with Crippen molar-refractivity contribution in [3.05, 3.63) is 0 Å². The first kappa shape index (κ1) is 10.5. The van der Waals surface area contributed by atoms with E-state index >= 15 is 0 Å². The average Bonchev–Trinajstić information content (AvgIpc) is 2.87. The predicted molar refractivity (Wildman–Crippen MR) is 54.9 cm³/mol. The summed E-state index contributed by atoms with van der Waals surface area (Å²) >= 11 is 0. The lowest BCUT2D eigenvalue weighted by Crippen LogP contribution is -2.19. The van der Waals surface area contributed by atoms with Crippen LogP contribution in [0.15, 0.2) is 4.99 Å². The Kier molecular flexibility index (Phi) is 4.22. The normalized spacial score (nSPS) is 18.2. The molecular formula is C10H20N2O. The maximum Gasteiger partial charge on any atom is 0.0963 e. The van der Waals surface area contributed by atoms with Crippen LogP contribution >= 0.6 is 0 Å². The SMILES string of the molecule is CC(C)C(N)=NCCOCC1CC1. The van der Waals surface area contributed by atoms with Gasteiger partial charge < -0.3 is 10.5 Å². The second-order valence-electron chi connectivity index (χ2n) is 3.98. The van der Waals surface area contributed by atoms with Gasteiger partial charge in [-0.05, 0) is 18.8 Å². The molecule has 0 heterocycles. The fourth-order valence-electron chi connectivity index (χ4n) is 0.956. The van der Waals surface area contributed by atoms with Gasteiger partial charge in [0.2, 0.25) is 0 Å². The monoisotopic (exact) mass is 184 g/mol. The number of nitrogens with zero attached hydrogens (tertiary/aromatic N) is 1. The summed E-state index contributed by atoms with van der Waals surface area (Å²) in [6, 6.07) is 0. The van der Waals surface area contributed by atoms with E-state index < -0.39 is 0 Å². The molecule has 0 amide bonds. The van der Waals surface area contributed by atoms with Gasteiger partial charge in [-0.25, -0.2) is 0 Å². The summed E-state index contributed by atoms with van der Waals surface area (Å²) < 4.78 is 5.43. The van der Waals surface area contributed by atoms with Crippen molar-refractivity contribution in [1.29, 1.82) is 0 Å². The van der Waals surface area contributed by atoms with Crippen LogP contribution in [0.3, 0.4) is 0 Å². The molecule has 3 heteroatoms. The van der Waals surface area contributed by atoms with Gasteiger partial charge in [0.1, 0.15) is 0 Å². The van der Waals surface area contributed by atoms with Gasteiger partial charge in [-0.1, -0.05) is 13.8 Å². The lowest BCUT2D eigenvalue weighted by molar-refractivity contribution is 0.132. The van der Waals surface area contributed by atoms with Crippen LogP contribution in [0, 0.1) is 11.8 Å². The minimum atomic E-state index is 0.350. The maximum absolute atomic E-state index is 5.67. The van der Waals surface area contributed by atoms with Crippen LogP contribution < -0.4 is 5.73 Å². The summed E-state index contributed by atoms with van der Waals surface area (Å²) in [6.07, 6.45) is 2.69. The number of hydrogen-bond donors (Lipinski definition) is 1. The second kappa shape index (κ2) is 5.22. The molecule has 76 valence electrons. The molecule has 2 N–H and O–H groups in total. The molecule has 0 aliphatic heterocycles. The van der Waals surface area contributed by atoms with Gasteiger partial charge in [-0.15, -0.1) is 0 Å². The highest BCUT2D eigenvalue weighted by Gasteiger charge is 2.20. The van der Waals surface area contributed by atoms with Gasteiger partial charge in [0.05, 0.1) is 19.0 Å². The van der Waals surface area contributed by atoms with Crippen molar-refractivity contribution in [1.82, 2.24) is 0 Å². The van der Waals surface area contributed by atoms with Gasteiger partial charge in [0, 0.05) is 12.5 Å². The third-order valence-corrected chi connectivity index (χ3v) is 2.17. The molecule has 0 bridgehead atoms. The Labute approximate surface area is 80.4 Å². The molecule has 0 aromatic carbocycles. The van der Waals surface area contributed by atoms with Crippen molar-refractivity contribution in [2.45, 2.75) is 26.7 Å². The Morgan fingerprint density at radius 3 is 2.77 bits per heavy atom. The highest BCUT2D eigenvalue weighted by Crippen LogP contribution is 2.28. The number of ether oxygens (including phenoxy) is 1. The standard InChI is InChI=1S/C10H20N2O/c1-8(2)10(11)12-5-6-13-7-9-3-4-9/h8-9H,3-7H2,1-2H3,(H2,11,12). The van der Waals surface area contributed by atoms with Crippen LogP contribution in [0.5, 0.6) is 0 Å². The van der Waals surface area contributed by atoms with Crippen LogP contribution in [0.1, 0.15) is 26.7 Å². The predicted octanol–water partition coefficient (Wildman–Crippen LogP) is 1.43. The quantitative estimate of drug-likeness (QED) is 0.385. The van der Waals surface area contributed by atoms with Crippen molar-refractivity contribution >= 4 is 5.84 Å². The Morgan fingerprint density at radius 2 is 2.23 bits per heavy atom. The second-order valence-corrected chi connectivity index (χ2v) is 3.98. The minimum Gasteiger partial charge on any atom is -0.387 e. The first-order chi connectivity index (χ1) is 6.20. The van der Waals surface area contributed by atoms with Gasteiger partial charge in [-0.2, -0.15) is 0 Å². The summed E-state index contributed by atoms with van der Waals surface area (Å²) in [5, 5.41) is 0. The van der Waals surface area contributed by atoms with Gasteiger partial charge in [0.15, 0.2) is 0 Å². The average molecular weight is 184 g/mol. The van der Waals surface area contributed by atoms with Crippen molar-refractivity contribution in [3.63, 3.8) is 0 Å². The van der Waals surface area contributed by atoms with Crippen LogP contribution in [-0.4, -0.2) is 25.6 Å². The number of aliphatic imine (C=N–C) groups is 1. The molecule has 1 saturated carbocycles. The Balaban J connectivity index is 1.95. The summed E-state index contributed by atoms with van der Waals surface area (Å²) in [5.74, 6) is 1.92. The van der Waals surface area contributed by atoms with E-state index in [1.165, 1.54) is 12.8 Å². The molecule has 0 saturated heterocycles. The summed E-state index contributed by atoms with van der Waals surface area (Å²) in [6.45, 7) is 6.42. The molecular weight excluding hydrogens is 164 g/mol. The van der Waals surface area contributed by atoms with E-state index in [4.69, 9.17) is 10.5 Å². The van der Waals surface area contributed by atoms with Crippen molar-refractivity contribution in [3.8, 4) is 0 Å². The molecule has 1 rings (SSSR count). The maximum atomic E-state index is 5.67. The van der Waals surface area contributed by atoms with E-state index in [-0.39, 0.29) is 0 Å². The van der Waals surface area contributed by atoms with Crippen LogP contribution in [-0.2, 0) is 4.74 Å². The molecule has 0 aromatic heterocycles. The van der Waals surface area contributed by atoms with Gasteiger partial charge in [-0.3, -0.25) is 4.99 Å². The lowest BCUT2D eigenvalue weighted by Gasteiger charge is -2.04. The smallest absolute Gasteiger partial charge is 0.0963 e. The molecule has 0 spiro atoms. The molecule has 0 radical (unpaired) electrons. The third-order valence-electron chi connectivity index (χ3n) is 2.17. The topological polar surface area (TPSA) is 47.6 Å². The van der Waals surface area contributed by atoms with Crippen molar-refractivity contribution in [2.24, 2.45) is 22.6 Å². The molecule has 3 nitrogen and oxygen atoms in total. The van der Waals surface area contributed by atoms with Gasteiger partial charge >= 0.3 is 0 Å². The molecule has 1 aliphatic carbocycles. The zero-order chi connectivity index (χ0) is 9.68. The fraction of sp³-hybridized carbons (Fsp3) is 0.900. The van der Waals surface area contributed by atoms with Crippen molar-refractivity contribution < 1.29 is 4.74 Å². The molecule has 0 unspecified atom stereocenters. The molecule has 1 fully saturated rings. The van der Waals surface area contributed by atoms with Gasteiger partial charge in [0.25, 0.3) is 0 Å². The van der Waals surface area contributed by atoms with E-state index in [1.54, 1.807) is 0 Å². The van der Waals surface area contributed by atoms with E-state index in [0.717, 1.165) is 18.4 Å². The summed E-state index contributed by atoms with van der Waals surface area (Å²) in [4.78, 5) is 4.21. The van der Waals surface area contributed by atoms with E-state index in [0.29, 0.717) is 19.1 Å². The summed E-state index contributed by atoms with van der Waals surface area (Å²) in [7, 11) is 0. The zero-order valence-corrected chi connectivity index (χ0v) is 8.62. The summed E-state index contributed by atoms with van der Waals surface area (Å²) in [5.41, 5.74) is 5.67. The third kappa shape index (κ3) is 4.88. The highest BCUT2D eigenvalue weighted by atomic mass is 16.5. The largest absolute Gasteiger partial charge is 0.387 e. The number of rotatable bonds is 6. The van der Waals surface area contributed by atoms with Crippen LogP contribution in [0.2, 0.25) is 0 Å². The Hall–Kier alpha value is -0.570. The van der Waals surface area contributed by atoms with Crippen LogP contribution in [0.4, 0.5) is 0 Å². The number of nitrogens with two attached hydrogens (primary N) is 1. The Morgan fingerprint density at radius 1 is 1.54 bits per heavy atom. The number of hydrogen-bond acceptors (Lipinski definition) is 2. The fourth-order valence-corrected chi connectivity index (χ4v) is 0.956. The van der Waals surface area contributed by atoms with E-state index in [2.05, 4.69) is 4.99 Å². The van der Waals surface area contributed by atoms with Crippen LogP contribution in [0.25, 0.3) is 0 Å².